The number of phenols is 1. The van der Waals surface area contributed by atoms with E-state index in [0.717, 1.165) is 16.0 Å². The van der Waals surface area contributed by atoms with Crippen LogP contribution in [0.5, 0.6) is 5.75 Å². The molecule has 0 spiro atoms. The first-order valence-electron chi connectivity index (χ1n) is 4.71. The molecule has 0 fully saturated rings. The Labute approximate surface area is 102 Å². The van der Waals surface area contributed by atoms with Crippen LogP contribution in [0.25, 0.3) is 0 Å². The van der Waals surface area contributed by atoms with E-state index in [1.54, 1.807) is 18.2 Å². The molecule has 1 aromatic carbocycles. The lowest BCUT2D eigenvalue weighted by atomic mass is 10.3. The zero-order valence-electron chi connectivity index (χ0n) is 8.61. The zero-order chi connectivity index (χ0) is 11.5. The monoisotopic (exact) mass is 279 g/mol. The number of halogens is 1. The molecule has 1 heterocycles. The number of hydrogen-bond donors (Lipinski definition) is 2. The molecular formula is C11H10BrN3O. The van der Waals surface area contributed by atoms with Crippen LogP contribution in [0.4, 0.5) is 11.6 Å². The lowest BCUT2D eigenvalue weighted by Crippen LogP contribution is -1.98. The van der Waals surface area contributed by atoms with Gasteiger partial charge in [-0.3, -0.25) is 0 Å². The number of anilines is 2. The Hall–Kier alpha value is -1.62. The number of aromatic hydroxyl groups is 1. The van der Waals surface area contributed by atoms with Gasteiger partial charge in [0, 0.05) is 17.4 Å². The normalized spacial score (nSPS) is 10.1. The van der Waals surface area contributed by atoms with Crippen LogP contribution >= 0.6 is 15.9 Å². The van der Waals surface area contributed by atoms with Gasteiger partial charge in [-0.2, -0.15) is 0 Å². The molecule has 0 aliphatic carbocycles. The first-order valence-corrected chi connectivity index (χ1v) is 5.50. The standard InChI is InChI=1S/C11H10BrN3O/c1-7-5-10(12)15-11(13-7)14-8-3-2-4-9(16)6-8/h2-6,16H,1H3,(H,13,14,15). The summed E-state index contributed by atoms with van der Waals surface area (Å²) >= 11 is 3.30. The number of rotatable bonds is 2. The topological polar surface area (TPSA) is 58.0 Å². The predicted molar refractivity (Wildman–Crippen MR) is 65.9 cm³/mol. The highest BCUT2D eigenvalue weighted by atomic mass is 79.9. The fourth-order valence-corrected chi connectivity index (χ4v) is 1.80. The summed E-state index contributed by atoms with van der Waals surface area (Å²) in [4.78, 5) is 8.40. The number of nitrogens with zero attached hydrogens (tertiary/aromatic N) is 2. The van der Waals surface area contributed by atoms with Crippen molar-refractivity contribution in [2.24, 2.45) is 0 Å². The third-order valence-electron chi connectivity index (χ3n) is 1.93. The molecule has 2 N–H and O–H groups in total. The van der Waals surface area contributed by atoms with Gasteiger partial charge >= 0.3 is 0 Å². The summed E-state index contributed by atoms with van der Waals surface area (Å²) in [5, 5.41) is 12.3. The first-order chi connectivity index (χ1) is 7.63. The van der Waals surface area contributed by atoms with Crippen LogP contribution in [0.2, 0.25) is 0 Å². The summed E-state index contributed by atoms with van der Waals surface area (Å²) in [6.07, 6.45) is 0. The average Bonchev–Trinajstić information content (AvgIpc) is 2.15. The molecule has 0 saturated heterocycles. The second-order valence-electron chi connectivity index (χ2n) is 3.33. The fourth-order valence-electron chi connectivity index (χ4n) is 1.30. The highest BCUT2D eigenvalue weighted by molar-refractivity contribution is 9.10. The van der Waals surface area contributed by atoms with Crippen molar-refractivity contribution in [2.45, 2.75) is 6.92 Å². The second kappa shape index (κ2) is 4.49. The maximum absolute atomic E-state index is 9.31. The molecule has 0 aliphatic rings. The first kappa shape index (κ1) is 10.9. The number of aryl methyl sites for hydroxylation is 1. The minimum absolute atomic E-state index is 0.205. The van der Waals surface area contributed by atoms with E-state index in [2.05, 4.69) is 31.2 Å². The molecule has 5 heteroatoms. The molecule has 2 aromatic rings. The Bertz CT molecular complexity index is 496. The molecular weight excluding hydrogens is 270 g/mol. The van der Waals surface area contributed by atoms with Crippen LogP contribution in [0.1, 0.15) is 5.69 Å². The molecule has 0 atom stereocenters. The van der Waals surface area contributed by atoms with E-state index in [4.69, 9.17) is 0 Å². The Balaban J connectivity index is 2.27. The van der Waals surface area contributed by atoms with Gasteiger partial charge in [-0.25, -0.2) is 9.97 Å². The van der Waals surface area contributed by atoms with Gasteiger partial charge < -0.3 is 10.4 Å². The van der Waals surface area contributed by atoms with Crippen LogP contribution in [0, 0.1) is 6.92 Å². The van der Waals surface area contributed by atoms with Crippen molar-refractivity contribution in [3.63, 3.8) is 0 Å². The van der Waals surface area contributed by atoms with Crippen LogP contribution in [0.15, 0.2) is 34.9 Å². The van der Waals surface area contributed by atoms with Crippen molar-refractivity contribution in [1.82, 2.24) is 9.97 Å². The van der Waals surface area contributed by atoms with Gasteiger partial charge in [0.05, 0.1) is 0 Å². The molecule has 16 heavy (non-hydrogen) atoms. The van der Waals surface area contributed by atoms with Gasteiger partial charge in [0.25, 0.3) is 0 Å². The molecule has 1 aromatic heterocycles. The fraction of sp³-hybridized carbons (Fsp3) is 0.0909. The van der Waals surface area contributed by atoms with Gasteiger partial charge in [0.2, 0.25) is 5.95 Å². The number of nitrogens with one attached hydrogen (secondary N) is 1. The summed E-state index contributed by atoms with van der Waals surface area (Å²) in [7, 11) is 0. The summed E-state index contributed by atoms with van der Waals surface area (Å²) in [5.41, 5.74) is 1.61. The smallest absolute Gasteiger partial charge is 0.228 e. The Morgan fingerprint density at radius 3 is 2.75 bits per heavy atom. The van der Waals surface area contributed by atoms with Crippen molar-refractivity contribution >= 4 is 27.6 Å². The highest BCUT2D eigenvalue weighted by Gasteiger charge is 2.01. The van der Waals surface area contributed by atoms with Crippen molar-refractivity contribution in [1.29, 1.82) is 0 Å². The average molecular weight is 280 g/mol. The van der Waals surface area contributed by atoms with Gasteiger partial charge in [0.15, 0.2) is 0 Å². The minimum atomic E-state index is 0.205. The van der Waals surface area contributed by atoms with Crippen molar-refractivity contribution < 1.29 is 5.11 Å². The van der Waals surface area contributed by atoms with Crippen molar-refractivity contribution in [3.8, 4) is 5.75 Å². The van der Waals surface area contributed by atoms with E-state index < -0.39 is 0 Å². The molecule has 0 radical (unpaired) electrons. The summed E-state index contributed by atoms with van der Waals surface area (Å²) < 4.78 is 0.725. The van der Waals surface area contributed by atoms with E-state index >= 15 is 0 Å². The lowest BCUT2D eigenvalue weighted by Gasteiger charge is -2.06. The summed E-state index contributed by atoms with van der Waals surface area (Å²) in [6, 6.07) is 8.63. The molecule has 0 aliphatic heterocycles. The van der Waals surface area contributed by atoms with Gasteiger partial charge in [-0.15, -0.1) is 0 Å². The highest BCUT2D eigenvalue weighted by Crippen LogP contribution is 2.19. The van der Waals surface area contributed by atoms with Gasteiger partial charge in [-0.1, -0.05) is 6.07 Å². The maximum atomic E-state index is 9.31. The van der Waals surface area contributed by atoms with Gasteiger partial charge in [-0.05, 0) is 41.1 Å². The molecule has 82 valence electrons. The largest absolute Gasteiger partial charge is 0.508 e. The number of hydrogen-bond acceptors (Lipinski definition) is 4. The number of phenolic OH excluding ortho intramolecular Hbond substituents is 1. The van der Waals surface area contributed by atoms with Crippen molar-refractivity contribution in [2.75, 3.05) is 5.32 Å². The van der Waals surface area contributed by atoms with Crippen LogP contribution in [-0.2, 0) is 0 Å². The Morgan fingerprint density at radius 2 is 2.06 bits per heavy atom. The van der Waals surface area contributed by atoms with E-state index in [1.807, 2.05) is 19.1 Å². The molecule has 0 bridgehead atoms. The minimum Gasteiger partial charge on any atom is -0.508 e. The Morgan fingerprint density at radius 1 is 1.25 bits per heavy atom. The van der Waals surface area contributed by atoms with Crippen LogP contribution < -0.4 is 5.32 Å². The maximum Gasteiger partial charge on any atom is 0.228 e. The third-order valence-corrected chi connectivity index (χ3v) is 2.33. The van der Waals surface area contributed by atoms with E-state index in [9.17, 15) is 5.11 Å². The molecule has 2 rings (SSSR count). The van der Waals surface area contributed by atoms with Gasteiger partial charge in [0.1, 0.15) is 10.4 Å². The Kier molecular flexibility index (Phi) is 3.05. The lowest BCUT2D eigenvalue weighted by molar-refractivity contribution is 0.475. The van der Waals surface area contributed by atoms with Crippen LogP contribution in [0.3, 0.4) is 0 Å². The molecule has 4 nitrogen and oxygen atoms in total. The quantitative estimate of drug-likeness (QED) is 0.830. The van der Waals surface area contributed by atoms with Crippen LogP contribution in [-0.4, -0.2) is 15.1 Å². The summed E-state index contributed by atoms with van der Waals surface area (Å²) in [6.45, 7) is 1.89. The SMILES string of the molecule is Cc1cc(Br)nc(Nc2cccc(O)c2)n1. The number of benzene rings is 1. The zero-order valence-corrected chi connectivity index (χ0v) is 10.2. The molecule has 0 amide bonds. The number of aromatic nitrogens is 2. The van der Waals surface area contributed by atoms with E-state index in [0.29, 0.717) is 5.95 Å². The molecule has 0 saturated carbocycles. The molecule has 0 unspecified atom stereocenters. The predicted octanol–water partition coefficient (Wildman–Crippen LogP) is 3.00. The second-order valence-corrected chi connectivity index (χ2v) is 4.14. The third kappa shape index (κ3) is 2.70. The van der Waals surface area contributed by atoms with Crippen molar-refractivity contribution in [3.05, 3.63) is 40.6 Å². The summed E-state index contributed by atoms with van der Waals surface area (Å²) in [5.74, 6) is 0.703. The van der Waals surface area contributed by atoms with E-state index in [-0.39, 0.29) is 5.75 Å². The van der Waals surface area contributed by atoms with E-state index in [1.165, 1.54) is 0 Å².